The maximum absolute atomic E-state index is 8.98. The van der Waals surface area contributed by atoms with Gasteiger partial charge in [0.1, 0.15) is 9.28 Å². The fourth-order valence-corrected chi connectivity index (χ4v) is 79.2. The fourth-order valence-electron chi connectivity index (χ4n) is 0.724. The lowest BCUT2D eigenvalue weighted by atomic mass is 15.8. The van der Waals surface area contributed by atoms with Gasteiger partial charge >= 0.3 is 0 Å². The van der Waals surface area contributed by atoms with E-state index in [2.05, 4.69) is 0 Å². The fraction of sp³-hybridized carbons (Fsp3) is 0. The van der Waals surface area contributed by atoms with Crippen LogP contribution in [0.2, 0.25) is 0 Å². The molecule has 1 aliphatic heterocycles. The Bertz CT molecular complexity index is 48.0. The van der Waals surface area contributed by atoms with Gasteiger partial charge in [-0.05, 0) is 8.55 Å². The van der Waals surface area contributed by atoms with Crippen molar-refractivity contribution in [2.45, 2.75) is 0 Å². The van der Waals surface area contributed by atoms with Crippen LogP contribution in [-0.4, -0.2) is 48.5 Å². The summed E-state index contributed by atoms with van der Waals surface area (Å²) in [6.07, 6.45) is 0. The smallest absolute Gasteiger partial charge is 0.275 e. The molecule has 0 radical (unpaired) electrons. The Morgan fingerprint density at radius 3 is 2.57 bits per heavy atom. The summed E-state index contributed by atoms with van der Waals surface area (Å²) >= 11 is 0. The summed E-state index contributed by atoms with van der Waals surface area (Å²) in [4.78, 5) is 8.98. The summed E-state index contributed by atoms with van der Waals surface area (Å²) in [5.74, 6) is 0. The highest BCUT2D eigenvalue weighted by atomic mass is 29.9. The van der Waals surface area contributed by atoms with E-state index in [0.717, 1.165) is 0 Å². The Balaban J connectivity index is 2.12. The molecule has 1 saturated heterocycles. The van der Waals surface area contributed by atoms with Crippen molar-refractivity contribution in [3.63, 3.8) is 0 Å². The quantitative estimate of drug-likeness (QED) is 0.381. The molecular weight excluding hydrogens is 172 g/mol. The molecular formula is H10O2Si5. The Morgan fingerprint density at radius 1 is 1.43 bits per heavy atom. The lowest BCUT2D eigenvalue weighted by Gasteiger charge is -2.13. The molecule has 0 aromatic heterocycles. The first-order valence-corrected chi connectivity index (χ1v) is 19.5. The van der Waals surface area contributed by atoms with Gasteiger partial charge < -0.3 is 8.91 Å². The maximum Gasteiger partial charge on any atom is 0.275 e. The minimum absolute atomic E-state index is 0.00810. The summed E-state index contributed by atoms with van der Waals surface area (Å²) in [5, 5.41) is 0. The van der Waals surface area contributed by atoms with Crippen molar-refractivity contribution in [2.24, 2.45) is 0 Å². The van der Waals surface area contributed by atoms with E-state index in [1.54, 1.807) is 0 Å². The molecule has 0 spiro atoms. The molecule has 0 saturated carbocycles. The van der Waals surface area contributed by atoms with Crippen molar-refractivity contribution in [3.05, 3.63) is 0 Å². The predicted molar refractivity (Wildman–Crippen MR) is 44.6 cm³/mol. The zero-order chi connectivity index (χ0) is 5.11. The topological polar surface area (TPSA) is 29.5 Å². The van der Waals surface area contributed by atoms with Crippen LogP contribution in [-0.2, 0) is 4.12 Å². The average Bonchev–Trinajstić information content (AvgIpc) is 1.69. The van der Waals surface area contributed by atoms with Gasteiger partial charge in [-0.2, -0.15) is 0 Å². The molecule has 0 bridgehead atoms. The van der Waals surface area contributed by atoms with E-state index < -0.39 is 8.80 Å². The van der Waals surface area contributed by atoms with Crippen molar-refractivity contribution in [1.82, 2.24) is 0 Å². The number of hydrogen-bond donors (Lipinski definition) is 1. The first-order valence-electron chi connectivity index (χ1n) is 2.69. The highest BCUT2D eigenvalue weighted by molar-refractivity contribution is 7.57. The molecule has 0 aliphatic carbocycles. The largest absolute Gasteiger partial charge is 0.450 e. The van der Waals surface area contributed by atoms with E-state index in [1.165, 1.54) is 0 Å². The Morgan fingerprint density at radius 2 is 2.29 bits per heavy atom. The summed E-state index contributed by atoms with van der Waals surface area (Å²) in [6, 6.07) is 0. The second-order valence-corrected chi connectivity index (χ2v) is 33.7. The second kappa shape index (κ2) is 3.11. The van der Waals surface area contributed by atoms with Crippen LogP contribution in [0.25, 0.3) is 0 Å². The van der Waals surface area contributed by atoms with Gasteiger partial charge in [0.2, 0.25) is 0 Å². The van der Waals surface area contributed by atoms with Gasteiger partial charge in [0.15, 0.2) is 0 Å². The van der Waals surface area contributed by atoms with E-state index in [0.29, 0.717) is 17.1 Å². The number of hydrogen-bond acceptors (Lipinski definition) is 2. The molecule has 1 N–H and O–H groups in total. The molecule has 0 aromatic carbocycles. The van der Waals surface area contributed by atoms with Crippen LogP contribution in [0.4, 0.5) is 0 Å². The van der Waals surface area contributed by atoms with Crippen molar-refractivity contribution in [1.29, 1.82) is 0 Å². The molecule has 42 valence electrons. The minimum Gasteiger partial charge on any atom is -0.450 e. The monoisotopic (exact) mass is 182 g/mol. The first kappa shape index (κ1) is 6.13. The normalized spacial score (nSPS) is 46.7. The molecule has 1 rings (SSSR count). The van der Waals surface area contributed by atoms with Crippen molar-refractivity contribution < 1.29 is 8.91 Å². The summed E-state index contributed by atoms with van der Waals surface area (Å²) in [5.41, 5.74) is 0. The van der Waals surface area contributed by atoms with Gasteiger partial charge in [-0.15, -0.1) is 0 Å². The van der Waals surface area contributed by atoms with E-state index in [4.69, 9.17) is 8.91 Å². The zero-order valence-electron chi connectivity index (χ0n) is 4.26. The van der Waals surface area contributed by atoms with E-state index >= 15 is 0 Å². The average molecular weight is 183 g/mol. The second-order valence-electron chi connectivity index (χ2n) is 1.82. The zero-order valence-corrected chi connectivity index (χ0v) is 11.1. The van der Waals surface area contributed by atoms with Gasteiger partial charge in [-0.25, -0.2) is 0 Å². The lowest BCUT2D eigenvalue weighted by molar-refractivity contribution is 0.462. The van der Waals surface area contributed by atoms with Crippen LogP contribution in [0.1, 0.15) is 0 Å². The third-order valence-corrected chi connectivity index (χ3v) is 54.4. The van der Waals surface area contributed by atoms with Crippen molar-refractivity contribution >= 4 is 43.7 Å². The molecule has 1 fully saturated rings. The standard InChI is InChI=1S/H10O2Si5/c1-7-2-3-4-5-6-7/h1,7H,3-6H2. The first-order chi connectivity index (χ1) is 3.39. The number of rotatable bonds is 0. The molecule has 0 amide bonds. The third-order valence-electron chi connectivity index (χ3n) is 1.16. The van der Waals surface area contributed by atoms with Crippen LogP contribution in [0, 0.1) is 0 Å². The van der Waals surface area contributed by atoms with E-state index in [1.807, 2.05) is 0 Å². The third kappa shape index (κ3) is 2.16. The molecule has 7 heteroatoms. The van der Waals surface area contributed by atoms with Crippen molar-refractivity contribution in [3.8, 4) is 0 Å². The van der Waals surface area contributed by atoms with E-state index in [-0.39, 0.29) is 17.8 Å². The van der Waals surface area contributed by atoms with Gasteiger partial charge in [-0.3, -0.25) is 0 Å². The molecule has 2 nitrogen and oxygen atoms in total. The maximum atomic E-state index is 8.98. The summed E-state index contributed by atoms with van der Waals surface area (Å²) < 4.78 is 5.27. The summed E-state index contributed by atoms with van der Waals surface area (Å²) in [7, 11) is -0.193. The van der Waals surface area contributed by atoms with Gasteiger partial charge in [0.25, 0.3) is 8.80 Å². The van der Waals surface area contributed by atoms with Gasteiger partial charge in [-0.1, -0.05) is 0 Å². The highest BCUT2D eigenvalue weighted by Gasteiger charge is 2.12. The van der Waals surface area contributed by atoms with Gasteiger partial charge in [0, 0.05) is 8.55 Å². The van der Waals surface area contributed by atoms with Crippen LogP contribution >= 0.6 is 0 Å². The summed E-state index contributed by atoms with van der Waals surface area (Å²) in [6.45, 7) is 0. The van der Waals surface area contributed by atoms with Crippen LogP contribution in [0.15, 0.2) is 0 Å². The molecule has 1 atom stereocenters. The molecule has 0 aromatic rings. The minimum atomic E-state index is -1.30. The molecule has 7 heavy (non-hydrogen) atoms. The Hall–Kier alpha value is 1.00. The van der Waals surface area contributed by atoms with Crippen LogP contribution < -0.4 is 0 Å². The Labute approximate surface area is 53.1 Å². The van der Waals surface area contributed by atoms with E-state index in [9.17, 15) is 0 Å². The van der Waals surface area contributed by atoms with Crippen LogP contribution in [0.3, 0.4) is 0 Å². The molecule has 1 aliphatic rings. The SMILES string of the molecule is O[SiH]1O[SiH2][SiH2][SiH2][SiH2]1. The Kier molecular flexibility index (Phi) is 2.73. The molecule has 1 heterocycles. The van der Waals surface area contributed by atoms with Crippen LogP contribution in [0.5, 0.6) is 0 Å². The highest BCUT2D eigenvalue weighted by Crippen LogP contribution is 1.79. The van der Waals surface area contributed by atoms with Crippen molar-refractivity contribution in [2.75, 3.05) is 0 Å². The van der Waals surface area contributed by atoms with Gasteiger partial charge in [0.05, 0.1) is 8.55 Å². The lowest BCUT2D eigenvalue weighted by Crippen LogP contribution is -2.43. The molecule has 1 unspecified atom stereocenters. The predicted octanol–water partition coefficient (Wildman–Crippen LogP) is -4.94.